The van der Waals surface area contributed by atoms with E-state index >= 15 is 0 Å². The number of aromatic nitrogens is 2. The lowest BCUT2D eigenvalue weighted by Crippen LogP contribution is -2.35. The molecule has 0 saturated heterocycles. The molecule has 2 aromatic carbocycles. The zero-order chi connectivity index (χ0) is 19.7. The molecule has 1 aliphatic rings. The van der Waals surface area contributed by atoms with E-state index in [0.29, 0.717) is 17.3 Å². The van der Waals surface area contributed by atoms with E-state index in [1.807, 2.05) is 13.0 Å². The van der Waals surface area contributed by atoms with Crippen LogP contribution in [0.2, 0.25) is 0 Å². The summed E-state index contributed by atoms with van der Waals surface area (Å²) in [5.74, 6) is 0.724. The molecule has 6 heteroatoms. The second-order valence-electron chi connectivity index (χ2n) is 7.03. The molecular formula is C22H22F2N4. The second-order valence-corrected chi connectivity index (χ2v) is 7.03. The third-order valence-electron chi connectivity index (χ3n) is 5.31. The number of alkyl halides is 1. The van der Waals surface area contributed by atoms with Crippen molar-refractivity contribution in [3.05, 3.63) is 76.7 Å². The summed E-state index contributed by atoms with van der Waals surface area (Å²) in [7, 11) is 0. The van der Waals surface area contributed by atoms with Crippen LogP contribution >= 0.6 is 0 Å². The number of halogens is 2. The molecule has 0 radical (unpaired) electrons. The van der Waals surface area contributed by atoms with Crippen LogP contribution in [-0.2, 0) is 13.1 Å². The minimum absolute atomic E-state index is 0.129. The molecular weight excluding hydrogens is 358 g/mol. The van der Waals surface area contributed by atoms with Crippen LogP contribution in [0, 0.1) is 12.7 Å². The van der Waals surface area contributed by atoms with Crippen molar-refractivity contribution in [2.24, 2.45) is 0 Å². The maximum Gasteiger partial charge on any atom is 0.229 e. The molecule has 0 fully saturated rings. The van der Waals surface area contributed by atoms with Gasteiger partial charge in [0.2, 0.25) is 5.95 Å². The van der Waals surface area contributed by atoms with Crippen molar-refractivity contribution >= 4 is 17.5 Å². The minimum Gasteiger partial charge on any atom is -0.349 e. The minimum atomic E-state index is -0.668. The Morgan fingerprint density at radius 2 is 1.86 bits per heavy atom. The van der Waals surface area contributed by atoms with Crippen molar-refractivity contribution < 1.29 is 8.78 Å². The average molecular weight is 380 g/mol. The normalized spacial score (nSPS) is 16.0. The van der Waals surface area contributed by atoms with Crippen molar-refractivity contribution in [2.75, 3.05) is 16.8 Å². The monoisotopic (exact) mass is 380 g/mol. The summed E-state index contributed by atoms with van der Waals surface area (Å²) in [6, 6.07) is 14.4. The number of benzene rings is 2. The molecule has 1 atom stereocenters. The molecule has 144 valence electrons. The van der Waals surface area contributed by atoms with Gasteiger partial charge in [0.05, 0.1) is 11.7 Å². The average Bonchev–Trinajstić information content (AvgIpc) is 2.71. The Balaban J connectivity index is 1.71. The molecule has 28 heavy (non-hydrogen) atoms. The quantitative estimate of drug-likeness (QED) is 0.670. The SMILES string of the molecule is Cc1c(CF)nc(Nc2ccc(F)cc2)nc1N1CCc2ccccc2C1C. The van der Waals surface area contributed by atoms with E-state index in [0.717, 1.165) is 24.3 Å². The summed E-state index contributed by atoms with van der Waals surface area (Å²) in [4.78, 5) is 11.2. The first-order chi connectivity index (χ1) is 13.6. The molecule has 0 spiro atoms. The van der Waals surface area contributed by atoms with Crippen LogP contribution in [0.3, 0.4) is 0 Å². The Bertz CT molecular complexity index is 988. The van der Waals surface area contributed by atoms with Gasteiger partial charge in [0, 0.05) is 17.8 Å². The van der Waals surface area contributed by atoms with Gasteiger partial charge in [0.1, 0.15) is 18.3 Å². The zero-order valence-electron chi connectivity index (χ0n) is 15.9. The Morgan fingerprint density at radius 3 is 2.61 bits per heavy atom. The molecule has 3 aromatic rings. The maximum absolute atomic E-state index is 13.7. The molecule has 0 saturated carbocycles. The number of nitrogens with zero attached hydrogens (tertiary/aromatic N) is 3. The summed E-state index contributed by atoms with van der Waals surface area (Å²) < 4.78 is 26.8. The van der Waals surface area contributed by atoms with Gasteiger partial charge < -0.3 is 10.2 Å². The highest BCUT2D eigenvalue weighted by molar-refractivity contribution is 5.59. The van der Waals surface area contributed by atoms with E-state index < -0.39 is 6.67 Å². The van der Waals surface area contributed by atoms with Gasteiger partial charge in [-0.3, -0.25) is 0 Å². The van der Waals surface area contributed by atoms with Gasteiger partial charge in [-0.05, 0) is 55.7 Å². The van der Waals surface area contributed by atoms with E-state index in [1.54, 1.807) is 12.1 Å². The van der Waals surface area contributed by atoms with Gasteiger partial charge in [-0.1, -0.05) is 24.3 Å². The lowest BCUT2D eigenvalue weighted by Gasteiger charge is -2.37. The zero-order valence-corrected chi connectivity index (χ0v) is 15.9. The fraction of sp³-hybridized carbons (Fsp3) is 0.273. The maximum atomic E-state index is 13.7. The molecule has 0 bridgehead atoms. The standard InChI is InChI=1S/C22H22F2N4/c1-14-20(13-23)26-22(25-18-9-7-17(24)8-10-18)27-21(14)28-12-11-16-5-3-4-6-19(16)15(28)2/h3-10,15H,11-13H2,1-2H3,(H,25,26,27). The number of rotatable bonds is 4. The van der Waals surface area contributed by atoms with Crippen molar-refractivity contribution in [1.29, 1.82) is 0 Å². The predicted molar refractivity (Wildman–Crippen MR) is 107 cm³/mol. The first kappa shape index (κ1) is 18.3. The first-order valence-corrected chi connectivity index (χ1v) is 9.37. The van der Waals surface area contributed by atoms with E-state index in [4.69, 9.17) is 0 Å². The largest absolute Gasteiger partial charge is 0.349 e. The summed E-state index contributed by atoms with van der Waals surface area (Å²) in [6.07, 6.45) is 0.912. The summed E-state index contributed by atoms with van der Waals surface area (Å²) in [5, 5.41) is 3.06. The first-order valence-electron chi connectivity index (χ1n) is 9.37. The Morgan fingerprint density at radius 1 is 1.11 bits per heavy atom. The van der Waals surface area contributed by atoms with E-state index in [2.05, 4.69) is 45.3 Å². The Hall–Kier alpha value is -3.02. The molecule has 1 unspecified atom stereocenters. The fourth-order valence-electron chi connectivity index (χ4n) is 3.74. The van der Waals surface area contributed by atoms with Crippen LogP contribution < -0.4 is 10.2 Å². The number of fused-ring (bicyclic) bond motifs is 1. The highest BCUT2D eigenvalue weighted by Gasteiger charge is 2.27. The highest BCUT2D eigenvalue weighted by atomic mass is 19.1. The molecule has 1 aromatic heterocycles. The lowest BCUT2D eigenvalue weighted by atomic mass is 9.93. The van der Waals surface area contributed by atoms with Crippen LogP contribution in [0.4, 0.5) is 26.2 Å². The molecule has 1 aliphatic heterocycles. The number of hydrogen-bond donors (Lipinski definition) is 1. The van der Waals surface area contributed by atoms with Crippen molar-refractivity contribution in [1.82, 2.24) is 9.97 Å². The third-order valence-corrected chi connectivity index (χ3v) is 5.31. The van der Waals surface area contributed by atoms with Crippen LogP contribution in [0.15, 0.2) is 48.5 Å². The molecule has 4 nitrogen and oxygen atoms in total. The fourth-order valence-corrected chi connectivity index (χ4v) is 3.74. The summed E-state index contributed by atoms with van der Waals surface area (Å²) >= 11 is 0. The molecule has 2 heterocycles. The van der Waals surface area contributed by atoms with Crippen LogP contribution in [0.25, 0.3) is 0 Å². The van der Waals surface area contributed by atoms with Crippen molar-refractivity contribution in [3.8, 4) is 0 Å². The Labute approximate surface area is 163 Å². The van der Waals surface area contributed by atoms with Gasteiger partial charge in [0.15, 0.2) is 0 Å². The molecule has 0 aliphatic carbocycles. The van der Waals surface area contributed by atoms with Crippen LogP contribution in [0.5, 0.6) is 0 Å². The summed E-state index contributed by atoms with van der Waals surface area (Å²) in [5.41, 5.74) is 4.37. The number of hydrogen-bond acceptors (Lipinski definition) is 4. The summed E-state index contributed by atoms with van der Waals surface area (Å²) in [6.45, 7) is 4.14. The van der Waals surface area contributed by atoms with Crippen molar-refractivity contribution in [2.45, 2.75) is 33.0 Å². The van der Waals surface area contributed by atoms with Crippen LogP contribution in [-0.4, -0.2) is 16.5 Å². The molecule has 1 N–H and O–H groups in total. The third kappa shape index (κ3) is 3.42. The smallest absolute Gasteiger partial charge is 0.229 e. The lowest BCUT2D eigenvalue weighted by molar-refractivity contribution is 0.473. The topological polar surface area (TPSA) is 41.1 Å². The molecule has 4 rings (SSSR count). The highest BCUT2D eigenvalue weighted by Crippen LogP contribution is 2.35. The number of nitrogens with one attached hydrogen (secondary N) is 1. The van der Waals surface area contributed by atoms with Gasteiger partial charge in [-0.15, -0.1) is 0 Å². The van der Waals surface area contributed by atoms with E-state index in [9.17, 15) is 8.78 Å². The van der Waals surface area contributed by atoms with Gasteiger partial charge in [-0.2, -0.15) is 4.98 Å². The van der Waals surface area contributed by atoms with Crippen molar-refractivity contribution in [3.63, 3.8) is 0 Å². The van der Waals surface area contributed by atoms with Crippen LogP contribution in [0.1, 0.15) is 35.3 Å². The van der Waals surface area contributed by atoms with E-state index in [1.165, 1.54) is 23.3 Å². The second kappa shape index (κ2) is 7.54. The van der Waals surface area contributed by atoms with E-state index in [-0.39, 0.29) is 11.9 Å². The predicted octanol–water partition coefficient (Wildman–Crippen LogP) is 5.26. The number of anilines is 3. The van der Waals surface area contributed by atoms with Gasteiger partial charge in [0.25, 0.3) is 0 Å². The molecule has 0 amide bonds. The Kier molecular flexibility index (Phi) is 4.94. The van der Waals surface area contributed by atoms with Gasteiger partial charge in [-0.25, -0.2) is 13.8 Å². The van der Waals surface area contributed by atoms with Gasteiger partial charge >= 0.3 is 0 Å².